The smallest absolute Gasteiger partial charge is 0.305 e. The monoisotopic (exact) mass is 525 g/mol. The van der Waals surface area contributed by atoms with Crippen molar-refractivity contribution in [1.29, 1.82) is 0 Å². The third-order valence-corrected chi connectivity index (χ3v) is 7.52. The second kappa shape index (κ2) is 11.7. The third kappa shape index (κ3) is 5.69. The van der Waals surface area contributed by atoms with Gasteiger partial charge in [-0.05, 0) is 36.9 Å². The van der Waals surface area contributed by atoms with Gasteiger partial charge in [-0.2, -0.15) is 15.4 Å². The van der Waals surface area contributed by atoms with Crippen LogP contribution < -0.4 is 20.9 Å². The van der Waals surface area contributed by atoms with Crippen molar-refractivity contribution in [1.82, 2.24) is 31.4 Å². The van der Waals surface area contributed by atoms with Crippen molar-refractivity contribution in [3.8, 4) is 0 Å². The molecule has 2 aromatic rings. The molecule has 3 heterocycles. The summed E-state index contributed by atoms with van der Waals surface area (Å²) in [4.78, 5) is 53.5. The number of aromatic nitrogens is 3. The summed E-state index contributed by atoms with van der Waals surface area (Å²) in [5.41, 5.74) is 3.05. The van der Waals surface area contributed by atoms with Crippen molar-refractivity contribution in [2.24, 2.45) is 5.92 Å². The first-order valence-electron chi connectivity index (χ1n) is 13.0. The van der Waals surface area contributed by atoms with E-state index in [2.05, 4.69) is 31.4 Å². The molecule has 0 saturated heterocycles. The average molecular weight is 526 g/mol. The Kier molecular flexibility index (Phi) is 8.40. The van der Waals surface area contributed by atoms with Crippen LogP contribution in [0, 0.1) is 5.92 Å². The number of carbonyl (C=O) groups is 4. The lowest BCUT2D eigenvalue weighted by Gasteiger charge is -2.30. The first-order chi connectivity index (χ1) is 18.2. The third-order valence-electron chi connectivity index (χ3n) is 7.52. The summed E-state index contributed by atoms with van der Waals surface area (Å²) < 4.78 is 0. The first kappa shape index (κ1) is 27.2. The van der Waals surface area contributed by atoms with Crippen molar-refractivity contribution >= 4 is 29.4 Å². The minimum atomic E-state index is -1.06. The molecule has 1 aromatic carbocycles. The molecule has 12 nitrogen and oxygen atoms in total. The van der Waals surface area contributed by atoms with Crippen LogP contribution in [0.3, 0.4) is 0 Å². The molecule has 204 valence electrons. The lowest BCUT2D eigenvalue weighted by molar-refractivity contribution is -0.138. The van der Waals surface area contributed by atoms with Crippen LogP contribution in [-0.2, 0) is 38.4 Å². The number of nitrogens with zero attached hydrogens (tertiary/aromatic N) is 3. The van der Waals surface area contributed by atoms with Gasteiger partial charge in [-0.1, -0.05) is 38.5 Å². The van der Waals surface area contributed by atoms with Crippen molar-refractivity contribution in [3.05, 3.63) is 41.2 Å². The standard InChI is InChI=1S/C26H35N7O5/c1-4-14(2)22(27-3)25(37)30-19-9-8-15-6-5-7-16-10-20(33(23(15)16)26(19)38)24(36)29-17(12-21(34)35)11-18-13-28-32-31-18/h5-7,13-14,17,19-20,22,27H,4,8-12H2,1-3H3,(H,29,36)(H,30,37)(H,34,35)(H,28,31,32)/t14-,17+,19?,20-,22-/m0/s1. The fourth-order valence-electron chi connectivity index (χ4n) is 5.40. The Hall–Kier alpha value is -3.80. The van der Waals surface area contributed by atoms with E-state index in [1.165, 1.54) is 11.1 Å². The quantitative estimate of drug-likeness (QED) is 0.279. The van der Waals surface area contributed by atoms with Crippen LogP contribution in [0.15, 0.2) is 24.4 Å². The number of aliphatic carboxylic acids is 1. The number of aryl methyl sites for hydroxylation is 1. The number of anilines is 1. The first-order valence-corrected chi connectivity index (χ1v) is 13.0. The summed E-state index contributed by atoms with van der Waals surface area (Å²) in [6.45, 7) is 3.98. The lowest BCUT2D eigenvalue weighted by Crippen LogP contribution is -2.58. The van der Waals surface area contributed by atoms with Gasteiger partial charge in [0.2, 0.25) is 17.7 Å². The highest BCUT2D eigenvalue weighted by molar-refractivity contribution is 6.08. The number of likely N-dealkylation sites (N-methyl/N-ethyl adjacent to an activating group) is 1. The number of amides is 3. The zero-order chi connectivity index (χ0) is 27.4. The molecule has 2 aliphatic rings. The number of para-hydroxylation sites is 1. The fraction of sp³-hybridized carbons (Fsp3) is 0.538. The summed E-state index contributed by atoms with van der Waals surface area (Å²) in [6.07, 6.45) is 3.43. The summed E-state index contributed by atoms with van der Waals surface area (Å²) in [5.74, 6) is -2.03. The van der Waals surface area contributed by atoms with Gasteiger partial charge in [0.25, 0.3) is 0 Å². The lowest BCUT2D eigenvalue weighted by atomic mass is 9.97. The molecule has 0 radical (unpaired) electrons. The molecule has 5 atom stereocenters. The Morgan fingerprint density at radius 1 is 1.26 bits per heavy atom. The van der Waals surface area contributed by atoms with E-state index in [1.807, 2.05) is 32.0 Å². The number of aromatic amines is 1. The molecule has 0 aliphatic carbocycles. The van der Waals surface area contributed by atoms with Gasteiger partial charge in [-0.25, -0.2) is 0 Å². The van der Waals surface area contributed by atoms with E-state index >= 15 is 0 Å². The van der Waals surface area contributed by atoms with E-state index in [1.54, 1.807) is 7.05 Å². The van der Waals surface area contributed by atoms with Crippen LogP contribution in [0.25, 0.3) is 0 Å². The number of hydrogen-bond donors (Lipinski definition) is 5. The number of carbonyl (C=O) groups excluding carboxylic acids is 3. The van der Waals surface area contributed by atoms with Gasteiger partial charge in [0.1, 0.15) is 12.1 Å². The van der Waals surface area contributed by atoms with Crippen molar-refractivity contribution < 1.29 is 24.3 Å². The summed E-state index contributed by atoms with van der Waals surface area (Å²) >= 11 is 0. The Labute approximate surface area is 220 Å². The predicted octanol–water partition coefficient (Wildman–Crippen LogP) is 0.330. The summed E-state index contributed by atoms with van der Waals surface area (Å²) in [7, 11) is 1.72. The molecule has 5 N–H and O–H groups in total. The number of carboxylic acid groups (broad SMARTS) is 1. The fourth-order valence-corrected chi connectivity index (χ4v) is 5.40. The van der Waals surface area contributed by atoms with Crippen molar-refractivity contribution in [3.63, 3.8) is 0 Å². The number of nitrogens with one attached hydrogen (secondary N) is 4. The van der Waals surface area contributed by atoms with Gasteiger partial charge in [-0.15, -0.1) is 0 Å². The zero-order valence-electron chi connectivity index (χ0n) is 21.9. The van der Waals surface area contributed by atoms with Crippen molar-refractivity contribution in [2.75, 3.05) is 11.9 Å². The van der Waals surface area contributed by atoms with Gasteiger partial charge in [-0.3, -0.25) is 24.1 Å². The average Bonchev–Trinajstić information content (AvgIpc) is 3.51. The molecule has 4 rings (SSSR count). The van der Waals surface area contributed by atoms with Crippen LogP contribution in [0.2, 0.25) is 0 Å². The van der Waals surface area contributed by atoms with Gasteiger partial charge in [0.15, 0.2) is 0 Å². The van der Waals surface area contributed by atoms with E-state index in [4.69, 9.17) is 0 Å². The van der Waals surface area contributed by atoms with E-state index in [0.29, 0.717) is 30.6 Å². The number of benzene rings is 1. The molecular weight excluding hydrogens is 490 g/mol. The minimum absolute atomic E-state index is 0.0749. The van der Waals surface area contributed by atoms with Crippen LogP contribution in [0.4, 0.5) is 5.69 Å². The van der Waals surface area contributed by atoms with Crippen LogP contribution in [0.5, 0.6) is 0 Å². The molecule has 0 saturated carbocycles. The predicted molar refractivity (Wildman–Crippen MR) is 138 cm³/mol. The Bertz CT molecular complexity index is 1180. The highest BCUT2D eigenvalue weighted by atomic mass is 16.4. The molecule has 1 aromatic heterocycles. The number of hydrogen-bond acceptors (Lipinski definition) is 7. The second-order valence-corrected chi connectivity index (χ2v) is 10.1. The highest BCUT2D eigenvalue weighted by Gasteiger charge is 2.44. The minimum Gasteiger partial charge on any atom is -0.481 e. The molecule has 12 heteroatoms. The SMILES string of the molecule is CC[C@H](C)[C@H](NC)C(=O)NC1CCc2cccc3c2N(C1=O)[C@H](C(=O)N[C@@H](CC(=O)O)Cc1cn[nH]n1)C3. The zero-order valence-corrected chi connectivity index (χ0v) is 21.9. The number of H-pyrrole nitrogens is 1. The Balaban J connectivity index is 1.57. The molecule has 0 bridgehead atoms. The van der Waals surface area contributed by atoms with Gasteiger partial charge < -0.3 is 21.1 Å². The van der Waals surface area contributed by atoms with E-state index in [-0.39, 0.29) is 30.6 Å². The highest BCUT2D eigenvalue weighted by Crippen LogP contribution is 2.39. The Morgan fingerprint density at radius 2 is 2.03 bits per heavy atom. The maximum atomic E-state index is 13.9. The molecule has 0 fully saturated rings. The Morgan fingerprint density at radius 3 is 2.68 bits per heavy atom. The maximum Gasteiger partial charge on any atom is 0.305 e. The molecular formula is C26H35N7O5. The van der Waals surface area contributed by atoms with Crippen LogP contribution in [0.1, 0.15) is 49.9 Å². The normalized spacial score (nSPS) is 20.7. The van der Waals surface area contributed by atoms with Crippen LogP contribution >= 0.6 is 0 Å². The topological polar surface area (TPSA) is 169 Å². The summed E-state index contributed by atoms with van der Waals surface area (Å²) in [5, 5.41) is 28.4. The second-order valence-electron chi connectivity index (χ2n) is 10.1. The van der Waals surface area contributed by atoms with E-state index in [0.717, 1.165) is 17.5 Å². The largest absolute Gasteiger partial charge is 0.481 e. The van der Waals surface area contributed by atoms with E-state index in [9.17, 15) is 24.3 Å². The van der Waals surface area contributed by atoms with Crippen LogP contribution in [-0.4, -0.2) is 75.4 Å². The van der Waals surface area contributed by atoms with Gasteiger partial charge in [0.05, 0.1) is 30.0 Å². The van der Waals surface area contributed by atoms with Crippen molar-refractivity contribution in [2.45, 2.75) is 76.5 Å². The van der Waals surface area contributed by atoms with Gasteiger partial charge in [0, 0.05) is 18.9 Å². The number of carboxylic acids is 1. The number of rotatable bonds is 11. The molecule has 38 heavy (non-hydrogen) atoms. The summed E-state index contributed by atoms with van der Waals surface area (Å²) in [6, 6.07) is 2.92. The van der Waals surface area contributed by atoms with E-state index < -0.39 is 36.0 Å². The molecule has 0 spiro atoms. The molecule has 2 aliphatic heterocycles. The van der Waals surface area contributed by atoms with Gasteiger partial charge >= 0.3 is 5.97 Å². The molecule has 1 unspecified atom stereocenters. The maximum absolute atomic E-state index is 13.9. The molecule has 3 amide bonds.